The fraction of sp³-hybridized carbons (Fsp3) is 0.156. The molecule has 0 bridgehead atoms. The molecule has 0 unspecified atom stereocenters. The summed E-state index contributed by atoms with van der Waals surface area (Å²) in [5, 5.41) is 4.87. The van der Waals surface area contributed by atoms with Crippen LogP contribution in [0.15, 0.2) is 192 Å². The number of anilines is 3. The summed E-state index contributed by atoms with van der Waals surface area (Å²) < 4.78 is 13.5. The van der Waals surface area contributed by atoms with Crippen LogP contribution in [-0.4, -0.2) is 25.0 Å². The van der Waals surface area contributed by atoms with Crippen molar-refractivity contribution in [1.29, 1.82) is 0 Å². The van der Waals surface area contributed by atoms with Gasteiger partial charge in [-0.2, -0.15) is 20.1 Å². The fourth-order valence-corrected chi connectivity index (χ4v) is 18.5. The van der Waals surface area contributed by atoms with Gasteiger partial charge in [-0.25, -0.2) is 0 Å². The molecule has 0 amide bonds. The second-order valence-electron chi connectivity index (χ2n) is 21.6. The van der Waals surface area contributed by atoms with Crippen LogP contribution in [0.2, 0.25) is 0 Å². The van der Waals surface area contributed by atoms with Crippen LogP contribution < -0.4 is 4.90 Å². The van der Waals surface area contributed by atoms with Gasteiger partial charge in [0, 0.05) is 80.1 Å². The van der Waals surface area contributed by atoms with Crippen LogP contribution >= 0.6 is 20.1 Å². The number of benzene rings is 9. The van der Waals surface area contributed by atoms with Crippen molar-refractivity contribution in [2.24, 2.45) is 0 Å². The van der Waals surface area contributed by atoms with Gasteiger partial charge in [0.05, 0.1) is 0 Å². The van der Waals surface area contributed by atoms with Crippen LogP contribution in [0, 0.1) is 0 Å². The molecule has 0 spiro atoms. The van der Waals surface area contributed by atoms with Gasteiger partial charge in [0.2, 0.25) is 0 Å². The van der Waals surface area contributed by atoms with E-state index in [-0.39, 0.29) is 10.8 Å². The Balaban J connectivity index is 0.907. The van der Waals surface area contributed by atoms with E-state index < -0.39 is 20.1 Å². The molecule has 5 heteroatoms. The first-order valence-corrected chi connectivity index (χ1v) is 29.0. The van der Waals surface area contributed by atoms with Crippen LogP contribution in [0.4, 0.5) is 17.1 Å². The van der Waals surface area contributed by atoms with Crippen LogP contribution in [-0.2, 0) is 10.8 Å². The Labute approximate surface area is 406 Å². The number of hydrogen-bond donors (Lipinski definition) is 0. The van der Waals surface area contributed by atoms with E-state index in [0.717, 1.165) is 33.7 Å². The maximum absolute atomic E-state index is 6.98. The quantitative estimate of drug-likeness (QED) is 0.177. The molecule has 0 saturated carbocycles. The molecule has 0 radical (unpaired) electrons. The molecular weight excluding hydrogens is 879 g/mol. The average molecular weight is 930 g/mol. The lowest BCUT2D eigenvalue weighted by molar-refractivity contribution is 0.600. The third-order valence-electron chi connectivity index (χ3n) is 16.7. The maximum atomic E-state index is 6.98. The van der Waals surface area contributed by atoms with Crippen molar-refractivity contribution < 1.29 is 8.83 Å². The van der Waals surface area contributed by atoms with Gasteiger partial charge < -0.3 is 13.7 Å². The Bertz CT molecular complexity index is 4150. The van der Waals surface area contributed by atoms with Gasteiger partial charge in [0.15, 0.2) is 0 Å². The number of rotatable bonds is 3. The van der Waals surface area contributed by atoms with Crippen molar-refractivity contribution in [2.45, 2.75) is 58.1 Å². The van der Waals surface area contributed by atoms with Crippen LogP contribution in [0.25, 0.3) is 88.4 Å². The second-order valence-corrected chi connectivity index (χ2v) is 28.7. The number of para-hydroxylation sites is 3. The third-order valence-corrected chi connectivity index (χ3v) is 22.5. The van der Waals surface area contributed by atoms with E-state index in [9.17, 15) is 0 Å². The van der Waals surface area contributed by atoms with E-state index in [1.54, 1.807) is 0 Å². The minimum absolute atomic E-state index is 0.209. The van der Waals surface area contributed by atoms with E-state index in [4.69, 9.17) is 8.83 Å². The minimum Gasteiger partial charge on any atom is -0.456 e. The summed E-state index contributed by atoms with van der Waals surface area (Å²) in [6.45, 7) is 9.74. The first-order valence-electron chi connectivity index (χ1n) is 24.1. The summed E-state index contributed by atoms with van der Waals surface area (Å²) in [4.78, 5) is 8.35. The average Bonchev–Trinajstić information content (AvgIpc) is 4.14. The molecule has 2 aromatic heterocycles. The zero-order valence-corrected chi connectivity index (χ0v) is 41.8. The largest absolute Gasteiger partial charge is 0.456 e. The highest BCUT2D eigenvalue weighted by molar-refractivity contribution is 8.33. The zero-order valence-electron chi connectivity index (χ0n) is 40.2. The summed E-state index contributed by atoms with van der Waals surface area (Å²) in [6.07, 6.45) is 9.99. The summed E-state index contributed by atoms with van der Waals surface area (Å²) in [7, 11) is -2.70. The second kappa shape index (κ2) is 13.0. The number of fused-ring (bicyclic) bond motifs is 22. The highest BCUT2D eigenvalue weighted by Gasteiger charge is 2.49. The van der Waals surface area contributed by atoms with Gasteiger partial charge >= 0.3 is 0 Å². The zero-order chi connectivity index (χ0) is 46.7. The third kappa shape index (κ3) is 4.88. The Kier molecular flexibility index (Phi) is 7.56. The van der Waals surface area contributed by atoms with Crippen molar-refractivity contribution >= 4 is 81.0 Å². The molecule has 4 heterocycles. The lowest BCUT2D eigenvalue weighted by atomic mass is 9.72. The molecule has 0 atom stereocenters. The molecule has 3 nitrogen and oxygen atoms in total. The topological polar surface area (TPSA) is 29.5 Å². The smallest absolute Gasteiger partial charge is 0.144 e. The molecule has 69 heavy (non-hydrogen) atoms. The summed E-state index contributed by atoms with van der Waals surface area (Å²) in [5.74, 6) is 0. The predicted octanol–water partition coefficient (Wildman–Crippen LogP) is 18.5. The van der Waals surface area contributed by atoms with E-state index in [1.807, 2.05) is 0 Å². The lowest BCUT2D eigenvalue weighted by Crippen LogP contribution is -2.24. The highest BCUT2D eigenvalue weighted by atomic mass is 32.3. The van der Waals surface area contributed by atoms with Gasteiger partial charge in [-0.15, -0.1) is 0 Å². The van der Waals surface area contributed by atoms with E-state index in [2.05, 4.69) is 221 Å². The Morgan fingerprint density at radius 1 is 0.377 bits per heavy atom. The van der Waals surface area contributed by atoms with Gasteiger partial charge in [-0.1, -0.05) is 119 Å². The monoisotopic (exact) mass is 929 g/mol. The van der Waals surface area contributed by atoms with Crippen molar-refractivity contribution in [3.8, 4) is 44.5 Å². The van der Waals surface area contributed by atoms with Crippen molar-refractivity contribution in [3.63, 3.8) is 0 Å². The van der Waals surface area contributed by atoms with Gasteiger partial charge in [0.1, 0.15) is 22.3 Å². The summed E-state index contributed by atoms with van der Waals surface area (Å²) >= 11 is 0. The number of hydrogen-bond acceptors (Lipinski definition) is 3. The van der Waals surface area contributed by atoms with Crippen LogP contribution in [0.5, 0.6) is 0 Å². The minimum atomic E-state index is -1.42. The van der Waals surface area contributed by atoms with Crippen molar-refractivity contribution in [3.05, 3.63) is 186 Å². The van der Waals surface area contributed by atoms with E-state index in [1.165, 1.54) is 114 Å². The first-order chi connectivity index (χ1) is 33.3. The standard InChI is InChI=1S/C64H51NO2S2/c1-63(2)46-23-15-12-20-40(46)59-61(63)60-57(58-43-22-14-17-25-49(43)67-62(58)59)41-29-27-37(32-47(41)64(60,3)4)65(36-18-10-9-11-19-36)38-26-28-39-44-34-54-45(35-53(44)69(7,8)52(39)33-38)56-51(68(54,5)6)31-30-50-55(56)42-21-13-16-24-48(42)66-50/h9-35H,1-8H3. The molecule has 4 aliphatic rings. The summed E-state index contributed by atoms with van der Waals surface area (Å²) in [6, 6.07) is 61.5. The van der Waals surface area contributed by atoms with Gasteiger partial charge in [-0.3, -0.25) is 0 Å². The summed E-state index contributed by atoms with van der Waals surface area (Å²) in [5.41, 5.74) is 23.1. The van der Waals surface area contributed by atoms with E-state index in [0.29, 0.717) is 0 Å². The molecule has 11 aromatic rings. The Morgan fingerprint density at radius 3 is 1.72 bits per heavy atom. The molecule has 15 rings (SSSR count). The highest BCUT2D eigenvalue weighted by Crippen LogP contribution is 2.74. The van der Waals surface area contributed by atoms with Crippen LogP contribution in [0.1, 0.15) is 49.9 Å². The first kappa shape index (κ1) is 40.0. The lowest BCUT2D eigenvalue weighted by Gasteiger charge is -2.32. The van der Waals surface area contributed by atoms with E-state index >= 15 is 0 Å². The SMILES string of the molecule is CC1(C)c2ccccc2-c2c1c1c(c3c2oc2ccccc23)-c2ccc(N(c3ccccc3)c3ccc4c(c3)S(C)(C)c3cc5c(cc3-4)S(C)(C)c3ccc4oc6ccccc6c4c3-5)cc2C1(C)C. The molecule has 9 aromatic carbocycles. The molecule has 2 aliphatic carbocycles. The van der Waals surface area contributed by atoms with Gasteiger partial charge in [0.25, 0.3) is 0 Å². The Hall–Kier alpha value is -6.92. The number of nitrogens with zero attached hydrogens (tertiary/aromatic N) is 1. The molecule has 2 aliphatic heterocycles. The predicted molar refractivity (Wildman–Crippen MR) is 294 cm³/mol. The van der Waals surface area contributed by atoms with Crippen LogP contribution in [0.3, 0.4) is 0 Å². The molecule has 0 fully saturated rings. The molecule has 336 valence electrons. The van der Waals surface area contributed by atoms with Gasteiger partial charge in [-0.05, 0) is 153 Å². The van der Waals surface area contributed by atoms with Crippen molar-refractivity contribution in [2.75, 3.05) is 29.9 Å². The maximum Gasteiger partial charge on any atom is 0.144 e. The normalized spacial score (nSPS) is 17.5. The Morgan fingerprint density at radius 2 is 0.942 bits per heavy atom. The van der Waals surface area contributed by atoms with Crippen molar-refractivity contribution in [1.82, 2.24) is 0 Å². The molecule has 0 N–H and O–H groups in total. The molecule has 0 saturated heterocycles. The molecular formula is C64H51NO2S2. The fourth-order valence-electron chi connectivity index (χ4n) is 13.5. The number of furan rings is 2.